The first-order chi connectivity index (χ1) is 7.99. The van der Waals surface area contributed by atoms with Crippen LogP contribution in [-0.4, -0.2) is 16.2 Å². The van der Waals surface area contributed by atoms with Crippen LogP contribution in [0.4, 0.5) is 0 Å². The van der Waals surface area contributed by atoms with Crippen molar-refractivity contribution in [2.45, 2.75) is 13.3 Å². The predicted octanol–water partition coefficient (Wildman–Crippen LogP) is 0.256. The van der Waals surface area contributed by atoms with Crippen molar-refractivity contribution in [2.75, 3.05) is 0 Å². The summed E-state index contributed by atoms with van der Waals surface area (Å²) < 4.78 is 1.51. The van der Waals surface area contributed by atoms with E-state index in [0.29, 0.717) is 17.6 Å². The average Bonchev–Trinajstić information content (AvgIpc) is 2.74. The molecule has 0 aromatic carbocycles. The second-order valence-electron chi connectivity index (χ2n) is 4.10. The van der Waals surface area contributed by atoms with Gasteiger partial charge in [0.05, 0.1) is 5.71 Å². The molecule has 1 aromatic rings. The van der Waals surface area contributed by atoms with E-state index in [1.807, 2.05) is 0 Å². The molecule has 0 radical (unpaired) electrons. The van der Waals surface area contributed by atoms with E-state index in [-0.39, 0.29) is 5.56 Å². The van der Waals surface area contributed by atoms with Crippen molar-refractivity contribution in [1.29, 1.82) is 0 Å². The van der Waals surface area contributed by atoms with Crippen molar-refractivity contribution in [2.24, 2.45) is 17.8 Å². The van der Waals surface area contributed by atoms with Gasteiger partial charge in [-0.1, -0.05) is 0 Å². The lowest BCUT2D eigenvalue weighted by atomic mass is 10.0. The van der Waals surface area contributed by atoms with Gasteiger partial charge in [0.15, 0.2) is 0 Å². The average molecular weight is 231 g/mol. The highest BCUT2D eigenvalue weighted by Gasteiger charge is 2.17. The number of nitrogens with zero attached hydrogens (tertiary/aromatic N) is 2. The molecule has 2 N–H and O–H groups in total. The highest BCUT2D eigenvalue weighted by molar-refractivity contribution is 6.09. The zero-order valence-electron chi connectivity index (χ0n) is 9.73. The lowest BCUT2D eigenvalue weighted by Crippen LogP contribution is -2.21. The van der Waals surface area contributed by atoms with Gasteiger partial charge in [0.25, 0.3) is 5.56 Å². The third kappa shape index (κ3) is 2.04. The molecule has 0 aliphatic carbocycles. The molecular formula is C12H13N3O2. The predicted molar refractivity (Wildman–Crippen MR) is 64.9 cm³/mol. The first-order valence-corrected chi connectivity index (χ1v) is 5.22. The van der Waals surface area contributed by atoms with Crippen molar-refractivity contribution in [3.8, 4) is 0 Å². The number of pyridine rings is 1. The monoisotopic (exact) mass is 231 g/mol. The molecule has 2 heterocycles. The summed E-state index contributed by atoms with van der Waals surface area (Å²) in [6.45, 7) is 1.75. The van der Waals surface area contributed by atoms with Gasteiger partial charge in [-0.3, -0.25) is 14.6 Å². The van der Waals surface area contributed by atoms with E-state index < -0.39 is 5.91 Å². The van der Waals surface area contributed by atoms with E-state index in [9.17, 15) is 9.59 Å². The van der Waals surface area contributed by atoms with Crippen molar-refractivity contribution in [3.63, 3.8) is 0 Å². The summed E-state index contributed by atoms with van der Waals surface area (Å²) in [6, 6.07) is 1.78. The highest BCUT2D eigenvalue weighted by Crippen LogP contribution is 2.16. The van der Waals surface area contributed by atoms with E-state index in [2.05, 4.69) is 4.99 Å². The van der Waals surface area contributed by atoms with E-state index in [0.717, 1.165) is 11.3 Å². The quantitative estimate of drug-likeness (QED) is 0.792. The molecule has 17 heavy (non-hydrogen) atoms. The zero-order chi connectivity index (χ0) is 12.6. The Labute approximate surface area is 98.3 Å². The summed E-state index contributed by atoms with van der Waals surface area (Å²) in [5, 5.41) is 0. The standard InChI is InChI=1S/C12H13N3O2/c1-7-3-9(6-15(2)12(7)17)10-4-8(5-14-10)11(13)16/h3,5-6H,4H2,1-2H3,(H2,13,16). The number of hydrogen-bond acceptors (Lipinski definition) is 3. The molecule has 0 saturated heterocycles. The SMILES string of the molecule is Cc1cc(C2=NC=C(C(N)=O)C2)cn(C)c1=O. The molecule has 0 atom stereocenters. The zero-order valence-corrected chi connectivity index (χ0v) is 9.73. The summed E-state index contributed by atoms with van der Waals surface area (Å²) in [7, 11) is 1.69. The van der Waals surface area contributed by atoms with Gasteiger partial charge in [-0.25, -0.2) is 0 Å². The maximum atomic E-state index is 11.5. The number of hydrogen-bond donors (Lipinski definition) is 1. The molecule has 1 aliphatic heterocycles. The van der Waals surface area contributed by atoms with Gasteiger partial charge in [-0.05, 0) is 13.0 Å². The number of carbonyl (C=O) groups excluding carboxylic acids is 1. The van der Waals surface area contributed by atoms with Crippen LogP contribution in [0.25, 0.3) is 0 Å². The Hall–Kier alpha value is -2.17. The Morgan fingerprint density at radius 2 is 2.24 bits per heavy atom. The number of carbonyl (C=O) groups is 1. The number of nitrogens with two attached hydrogens (primary N) is 1. The number of aliphatic imine (C=N–C) groups is 1. The molecule has 1 aromatic heterocycles. The molecule has 1 amide bonds. The van der Waals surface area contributed by atoms with Crippen molar-refractivity contribution in [3.05, 3.63) is 45.5 Å². The molecule has 5 nitrogen and oxygen atoms in total. The van der Waals surface area contributed by atoms with Crippen LogP contribution in [0.5, 0.6) is 0 Å². The maximum Gasteiger partial charge on any atom is 0.253 e. The second kappa shape index (κ2) is 4.01. The molecule has 5 heteroatoms. The summed E-state index contributed by atoms with van der Waals surface area (Å²) in [5.74, 6) is -0.453. The minimum atomic E-state index is -0.453. The van der Waals surface area contributed by atoms with Crippen LogP contribution in [0.2, 0.25) is 0 Å². The summed E-state index contributed by atoms with van der Waals surface area (Å²) in [5.41, 5.74) is 7.91. The fourth-order valence-corrected chi connectivity index (χ4v) is 1.79. The van der Waals surface area contributed by atoms with Crippen molar-refractivity contribution < 1.29 is 4.79 Å². The molecule has 88 valence electrons. The molecule has 0 saturated carbocycles. The molecule has 0 spiro atoms. The van der Waals surface area contributed by atoms with E-state index in [1.54, 1.807) is 26.2 Å². The highest BCUT2D eigenvalue weighted by atomic mass is 16.1. The molecule has 0 bridgehead atoms. The number of rotatable bonds is 2. The van der Waals surface area contributed by atoms with Gasteiger partial charge in [0.1, 0.15) is 0 Å². The Bertz CT molecular complexity index is 582. The molecular weight excluding hydrogens is 218 g/mol. The van der Waals surface area contributed by atoms with Crippen LogP contribution >= 0.6 is 0 Å². The summed E-state index contributed by atoms with van der Waals surface area (Å²) >= 11 is 0. The van der Waals surface area contributed by atoms with Crippen LogP contribution in [0.15, 0.2) is 33.8 Å². The number of amides is 1. The van der Waals surface area contributed by atoms with Gasteiger partial charge >= 0.3 is 0 Å². The van der Waals surface area contributed by atoms with Gasteiger partial charge in [0.2, 0.25) is 5.91 Å². The van der Waals surface area contributed by atoms with Gasteiger partial charge in [0, 0.05) is 42.6 Å². The summed E-state index contributed by atoms with van der Waals surface area (Å²) in [4.78, 5) is 26.7. The largest absolute Gasteiger partial charge is 0.366 e. The first-order valence-electron chi connectivity index (χ1n) is 5.22. The van der Waals surface area contributed by atoms with Crippen LogP contribution in [0.3, 0.4) is 0 Å². The Balaban J connectivity index is 2.34. The number of aryl methyl sites for hydroxylation is 2. The van der Waals surface area contributed by atoms with E-state index in [1.165, 1.54) is 10.8 Å². The van der Waals surface area contributed by atoms with Crippen LogP contribution in [0, 0.1) is 6.92 Å². The molecule has 0 fully saturated rings. The van der Waals surface area contributed by atoms with E-state index >= 15 is 0 Å². The minimum absolute atomic E-state index is 0.0320. The Morgan fingerprint density at radius 1 is 1.53 bits per heavy atom. The fraction of sp³-hybridized carbons (Fsp3) is 0.250. The van der Waals surface area contributed by atoms with E-state index in [4.69, 9.17) is 5.73 Å². The van der Waals surface area contributed by atoms with Gasteiger partial charge in [-0.15, -0.1) is 0 Å². The van der Waals surface area contributed by atoms with Gasteiger partial charge in [-0.2, -0.15) is 0 Å². The molecule has 0 unspecified atom stereocenters. The lowest BCUT2D eigenvalue weighted by molar-refractivity contribution is -0.114. The minimum Gasteiger partial charge on any atom is -0.366 e. The lowest BCUT2D eigenvalue weighted by Gasteiger charge is -2.06. The first kappa shape index (κ1) is 11.3. The third-order valence-corrected chi connectivity index (χ3v) is 2.75. The van der Waals surface area contributed by atoms with Crippen LogP contribution in [-0.2, 0) is 11.8 Å². The van der Waals surface area contributed by atoms with Crippen molar-refractivity contribution >= 4 is 11.6 Å². The third-order valence-electron chi connectivity index (χ3n) is 2.75. The maximum absolute atomic E-state index is 11.5. The Morgan fingerprint density at radius 3 is 2.76 bits per heavy atom. The number of primary amides is 1. The van der Waals surface area contributed by atoms with Crippen LogP contribution in [0.1, 0.15) is 17.5 Å². The van der Waals surface area contributed by atoms with Crippen LogP contribution < -0.4 is 11.3 Å². The normalized spacial score (nSPS) is 14.5. The smallest absolute Gasteiger partial charge is 0.253 e. The second-order valence-corrected chi connectivity index (χ2v) is 4.10. The summed E-state index contributed by atoms with van der Waals surface area (Å²) in [6.07, 6.45) is 3.62. The van der Waals surface area contributed by atoms with Gasteiger partial charge < -0.3 is 10.3 Å². The number of aromatic nitrogens is 1. The fourth-order valence-electron chi connectivity index (χ4n) is 1.79. The molecule has 2 rings (SSSR count). The van der Waals surface area contributed by atoms with Crippen molar-refractivity contribution in [1.82, 2.24) is 4.57 Å². The molecule has 1 aliphatic rings. The Kier molecular flexibility index (Phi) is 2.67. The topological polar surface area (TPSA) is 77.4 Å².